The summed E-state index contributed by atoms with van der Waals surface area (Å²) in [6.45, 7) is 3.25. The van der Waals surface area contributed by atoms with Crippen molar-refractivity contribution in [2.75, 3.05) is 16.8 Å². The summed E-state index contributed by atoms with van der Waals surface area (Å²) in [6, 6.07) is 5.49. The van der Waals surface area contributed by atoms with Crippen LogP contribution in [0.4, 0.5) is 29.7 Å². The van der Waals surface area contributed by atoms with E-state index < -0.39 is 36.4 Å². The van der Waals surface area contributed by atoms with E-state index >= 15 is 0 Å². The second-order valence-electron chi connectivity index (χ2n) is 7.39. The van der Waals surface area contributed by atoms with Gasteiger partial charge in [-0.1, -0.05) is 17.3 Å². The zero-order chi connectivity index (χ0) is 24.5. The van der Waals surface area contributed by atoms with Crippen LogP contribution in [0, 0.1) is 0 Å². The molecule has 1 amide bonds. The fourth-order valence-corrected chi connectivity index (χ4v) is 3.22. The van der Waals surface area contributed by atoms with Gasteiger partial charge < -0.3 is 24.4 Å². The number of aliphatic hydroxyl groups excluding tert-OH is 1. The number of nitrogens with zero attached hydrogens (tertiary/aromatic N) is 5. The number of alkyl halides is 3. The zero-order valence-electron chi connectivity index (χ0n) is 17.9. The third-order valence-corrected chi connectivity index (χ3v) is 4.83. The number of carbonyl (C=O) groups is 1. The topological polar surface area (TPSA) is 136 Å². The lowest BCUT2D eigenvalue weighted by Gasteiger charge is -2.22. The van der Waals surface area contributed by atoms with Gasteiger partial charge in [0.1, 0.15) is 30.3 Å². The number of amides is 1. The van der Waals surface area contributed by atoms with Crippen molar-refractivity contribution in [3.05, 3.63) is 42.4 Å². The van der Waals surface area contributed by atoms with Crippen molar-refractivity contribution in [3.8, 4) is 17.1 Å². The first-order valence-electron chi connectivity index (χ1n) is 10.0. The Hall–Kier alpha value is -3.94. The molecule has 2 N–H and O–H groups in total. The van der Waals surface area contributed by atoms with Crippen LogP contribution in [0.5, 0.6) is 5.75 Å². The first kappa shape index (κ1) is 23.2. The molecule has 0 radical (unpaired) electrons. The number of aliphatic hydroxyl groups is 1. The number of rotatable bonds is 7. The van der Waals surface area contributed by atoms with Crippen LogP contribution in [-0.2, 0) is 4.74 Å². The van der Waals surface area contributed by atoms with Gasteiger partial charge in [-0.3, -0.25) is 4.90 Å². The van der Waals surface area contributed by atoms with Gasteiger partial charge >= 0.3 is 12.5 Å². The van der Waals surface area contributed by atoms with Gasteiger partial charge in [0.2, 0.25) is 17.7 Å². The fourth-order valence-electron chi connectivity index (χ4n) is 3.22. The van der Waals surface area contributed by atoms with Crippen molar-refractivity contribution in [2.45, 2.75) is 38.4 Å². The first-order valence-corrected chi connectivity index (χ1v) is 10.0. The van der Waals surface area contributed by atoms with E-state index in [2.05, 4.69) is 30.2 Å². The summed E-state index contributed by atoms with van der Waals surface area (Å²) >= 11 is 0. The number of hydrogen-bond donors (Lipinski definition) is 2. The standard InChI is InChI=1S/C20H19F3N6O5/c1-10(17-27-16(28-34-17)12-4-3-5-13(8-12)33-20(21,22)23)25-18-24-7-6-15(26-18)29-14(11(2)30)9-32-19(29)31/h3-8,10-11,14,30H,9H2,1-2H3,(H,24,25,26)/t10?,11-,14-/m1/s1. The second-order valence-corrected chi connectivity index (χ2v) is 7.39. The van der Waals surface area contributed by atoms with E-state index in [1.807, 2.05) is 0 Å². The largest absolute Gasteiger partial charge is 0.573 e. The molecule has 3 atom stereocenters. The van der Waals surface area contributed by atoms with Crippen molar-refractivity contribution in [1.29, 1.82) is 0 Å². The van der Waals surface area contributed by atoms with Crippen LogP contribution in [0.25, 0.3) is 11.4 Å². The third kappa shape index (κ3) is 5.17. The van der Waals surface area contributed by atoms with E-state index in [-0.39, 0.29) is 35.7 Å². The van der Waals surface area contributed by atoms with E-state index in [0.717, 1.165) is 12.1 Å². The number of hydrogen-bond acceptors (Lipinski definition) is 10. The highest BCUT2D eigenvalue weighted by Gasteiger charge is 2.38. The number of halogens is 3. The van der Waals surface area contributed by atoms with E-state index in [1.54, 1.807) is 13.8 Å². The molecule has 34 heavy (non-hydrogen) atoms. The van der Waals surface area contributed by atoms with Gasteiger partial charge in [-0.05, 0) is 32.0 Å². The summed E-state index contributed by atoms with van der Waals surface area (Å²) in [5.41, 5.74) is 0.263. The lowest BCUT2D eigenvalue weighted by Crippen LogP contribution is -2.41. The molecule has 1 fully saturated rings. The zero-order valence-corrected chi connectivity index (χ0v) is 17.9. The molecule has 0 aliphatic carbocycles. The Bertz CT molecular complexity index is 1170. The Morgan fingerprint density at radius 1 is 1.26 bits per heavy atom. The van der Waals surface area contributed by atoms with Crippen LogP contribution in [-0.4, -0.2) is 56.4 Å². The third-order valence-electron chi connectivity index (χ3n) is 4.83. The van der Waals surface area contributed by atoms with Crippen molar-refractivity contribution in [2.24, 2.45) is 0 Å². The summed E-state index contributed by atoms with van der Waals surface area (Å²) in [7, 11) is 0. The quantitative estimate of drug-likeness (QED) is 0.518. The highest BCUT2D eigenvalue weighted by Crippen LogP contribution is 2.28. The maximum atomic E-state index is 12.5. The molecule has 1 unspecified atom stereocenters. The van der Waals surface area contributed by atoms with Crippen LogP contribution in [0.1, 0.15) is 25.8 Å². The monoisotopic (exact) mass is 480 g/mol. The lowest BCUT2D eigenvalue weighted by atomic mass is 10.2. The summed E-state index contributed by atoms with van der Waals surface area (Å²) in [4.78, 5) is 25.9. The van der Waals surface area contributed by atoms with Gasteiger partial charge in [-0.2, -0.15) is 9.97 Å². The molecule has 0 saturated carbocycles. The van der Waals surface area contributed by atoms with Crippen LogP contribution in [0.15, 0.2) is 41.1 Å². The maximum absolute atomic E-state index is 12.5. The molecule has 1 aliphatic rings. The summed E-state index contributed by atoms with van der Waals surface area (Å²) in [5, 5.41) is 16.7. The molecule has 4 rings (SSSR count). The minimum absolute atomic E-state index is 0.0274. The SMILES string of the molecule is CC(Nc1nccc(N2C(=O)OC[C@@H]2[C@@H](C)O)n1)c1nc(-c2cccc(OC(F)(F)F)c2)no1. The minimum Gasteiger partial charge on any atom is -0.447 e. The Morgan fingerprint density at radius 3 is 2.79 bits per heavy atom. The Kier molecular flexibility index (Phi) is 6.24. The molecule has 0 spiro atoms. The van der Waals surface area contributed by atoms with Crippen molar-refractivity contribution < 1.29 is 37.1 Å². The number of anilines is 2. The van der Waals surface area contributed by atoms with Gasteiger partial charge in [0.25, 0.3) is 0 Å². The molecular weight excluding hydrogens is 461 g/mol. The normalized spacial score (nSPS) is 17.9. The van der Waals surface area contributed by atoms with E-state index in [1.165, 1.54) is 29.3 Å². The van der Waals surface area contributed by atoms with Crippen molar-refractivity contribution in [3.63, 3.8) is 0 Å². The first-order chi connectivity index (χ1) is 16.1. The second kappa shape index (κ2) is 9.13. The smallest absolute Gasteiger partial charge is 0.447 e. The van der Waals surface area contributed by atoms with Gasteiger partial charge in [0, 0.05) is 11.8 Å². The highest BCUT2D eigenvalue weighted by atomic mass is 19.4. The predicted molar refractivity (Wildman–Crippen MR) is 110 cm³/mol. The molecule has 0 bridgehead atoms. The van der Waals surface area contributed by atoms with Gasteiger partial charge in [0.05, 0.1) is 6.10 Å². The summed E-state index contributed by atoms with van der Waals surface area (Å²) in [5.74, 6) is 0.128. The number of aromatic nitrogens is 4. The van der Waals surface area contributed by atoms with Gasteiger partial charge in [-0.15, -0.1) is 13.2 Å². The number of carbonyl (C=O) groups excluding carboxylic acids is 1. The van der Waals surface area contributed by atoms with Crippen LogP contribution < -0.4 is 15.0 Å². The average Bonchev–Trinajstić information content (AvgIpc) is 3.40. The number of ether oxygens (including phenoxy) is 2. The van der Waals surface area contributed by atoms with E-state index in [4.69, 9.17) is 9.26 Å². The Labute approximate surface area is 190 Å². The Balaban J connectivity index is 1.49. The molecule has 1 aliphatic heterocycles. The van der Waals surface area contributed by atoms with E-state index in [0.29, 0.717) is 0 Å². The molecule has 3 heterocycles. The summed E-state index contributed by atoms with van der Waals surface area (Å²) in [6.07, 6.45) is -4.88. The van der Waals surface area contributed by atoms with Crippen LogP contribution >= 0.6 is 0 Å². The number of nitrogens with one attached hydrogen (secondary N) is 1. The predicted octanol–water partition coefficient (Wildman–Crippen LogP) is 3.30. The molecule has 2 aromatic heterocycles. The van der Waals surface area contributed by atoms with Crippen molar-refractivity contribution in [1.82, 2.24) is 20.1 Å². The molecule has 3 aromatic rings. The van der Waals surface area contributed by atoms with Gasteiger partial charge in [0.15, 0.2) is 0 Å². The molecule has 1 saturated heterocycles. The molecule has 180 valence electrons. The molecule has 14 heteroatoms. The fraction of sp³-hybridized carbons (Fsp3) is 0.350. The maximum Gasteiger partial charge on any atom is 0.573 e. The molecule has 11 nitrogen and oxygen atoms in total. The minimum atomic E-state index is -4.82. The highest BCUT2D eigenvalue weighted by molar-refractivity contribution is 5.89. The molecular formula is C20H19F3N6O5. The van der Waals surface area contributed by atoms with Crippen molar-refractivity contribution >= 4 is 17.9 Å². The molecule has 1 aromatic carbocycles. The van der Waals surface area contributed by atoms with E-state index in [9.17, 15) is 23.1 Å². The number of cyclic esters (lactones) is 1. The number of benzene rings is 1. The average molecular weight is 480 g/mol. The van der Waals surface area contributed by atoms with Gasteiger partial charge in [-0.25, -0.2) is 9.78 Å². The summed E-state index contributed by atoms with van der Waals surface area (Å²) < 4.78 is 51.6. The Morgan fingerprint density at radius 2 is 2.06 bits per heavy atom. The lowest BCUT2D eigenvalue weighted by molar-refractivity contribution is -0.274. The van der Waals surface area contributed by atoms with Crippen LogP contribution in [0.2, 0.25) is 0 Å². The van der Waals surface area contributed by atoms with Crippen LogP contribution in [0.3, 0.4) is 0 Å².